The molecule has 4 nitrogen and oxygen atoms in total. The number of rotatable bonds is 8. The van der Waals surface area contributed by atoms with Crippen LogP contribution >= 0.6 is 0 Å². The number of benzene rings is 3. The summed E-state index contributed by atoms with van der Waals surface area (Å²) in [5.41, 5.74) is 4.57. The monoisotopic (exact) mass is 470 g/mol. The zero-order valence-electron chi connectivity index (χ0n) is 20.7. The molecule has 182 valence electrons. The topological polar surface area (TPSA) is 44.8 Å². The van der Waals surface area contributed by atoms with Crippen LogP contribution in [0.4, 0.5) is 0 Å². The highest BCUT2D eigenvalue weighted by Crippen LogP contribution is 2.62. The molecule has 3 aromatic carbocycles. The second-order valence-electron chi connectivity index (χ2n) is 11.1. The number of carbonyl (C=O) groups is 1. The first kappa shape index (κ1) is 22.8. The summed E-state index contributed by atoms with van der Waals surface area (Å²) in [4.78, 5) is 11.1. The van der Waals surface area contributed by atoms with E-state index in [1.807, 2.05) is 31.2 Å². The summed E-state index contributed by atoms with van der Waals surface area (Å²) in [6.45, 7) is 2.06. The molecule has 0 amide bonds. The quantitative estimate of drug-likeness (QED) is 0.259. The highest BCUT2D eigenvalue weighted by atomic mass is 16.7. The fraction of sp³-hybridized carbons (Fsp3) is 0.452. The van der Waals surface area contributed by atoms with E-state index in [1.54, 1.807) is 7.11 Å². The molecular weight excluding hydrogens is 436 g/mol. The Morgan fingerprint density at radius 1 is 0.886 bits per heavy atom. The minimum atomic E-state index is -0.299. The maximum Gasteiger partial charge on any atom is 0.191 e. The van der Waals surface area contributed by atoms with Crippen LogP contribution in [0.15, 0.2) is 54.6 Å². The van der Waals surface area contributed by atoms with Gasteiger partial charge in [-0.3, -0.25) is 4.79 Å². The normalized spacial score (nSPS) is 27.8. The van der Waals surface area contributed by atoms with Crippen LogP contribution in [0.2, 0.25) is 0 Å². The number of ether oxygens (including phenoxy) is 3. The molecule has 0 aliphatic heterocycles. The summed E-state index contributed by atoms with van der Waals surface area (Å²) < 4.78 is 17.3. The van der Waals surface area contributed by atoms with Crippen LogP contribution in [0.25, 0.3) is 21.9 Å². The Labute approximate surface area is 207 Å². The maximum atomic E-state index is 11.1. The van der Waals surface area contributed by atoms with E-state index in [0.717, 1.165) is 40.9 Å². The zero-order chi connectivity index (χ0) is 24.0. The first-order valence-electron chi connectivity index (χ1n) is 13.0. The second-order valence-corrected chi connectivity index (χ2v) is 11.1. The van der Waals surface area contributed by atoms with Crippen LogP contribution in [0, 0.1) is 17.8 Å². The standard InChI is InChI=1S/C31H34O4/c1-20(33-2)34-19-35-30-14-27-8-7-26(25-5-3-21(18-32)4-6-25)12-28(27)13-29(30)31-15-22-9-23(16-31)11-24(10-22)17-31/h3-8,12-14,18,20,22-24H,9-11,15-17,19H2,1-2H3. The summed E-state index contributed by atoms with van der Waals surface area (Å²) in [5.74, 6) is 3.54. The van der Waals surface area contributed by atoms with Crippen LogP contribution in [0.3, 0.4) is 0 Å². The van der Waals surface area contributed by atoms with Gasteiger partial charge in [-0.15, -0.1) is 0 Å². The van der Waals surface area contributed by atoms with Gasteiger partial charge < -0.3 is 14.2 Å². The molecular formula is C31H34O4. The average molecular weight is 471 g/mol. The van der Waals surface area contributed by atoms with Crippen LogP contribution in [0.1, 0.15) is 61.4 Å². The van der Waals surface area contributed by atoms with Gasteiger partial charge in [-0.2, -0.15) is 0 Å². The molecule has 4 saturated carbocycles. The minimum absolute atomic E-state index is 0.182. The van der Waals surface area contributed by atoms with Gasteiger partial charge in [0.05, 0.1) is 0 Å². The van der Waals surface area contributed by atoms with E-state index in [4.69, 9.17) is 14.2 Å². The smallest absolute Gasteiger partial charge is 0.191 e. The minimum Gasteiger partial charge on any atom is -0.467 e. The predicted octanol–water partition coefficient (Wildman–Crippen LogP) is 7.13. The van der Waals surface area contributed by atoms with Crippen molar-refractivity contribution in [2.45, 2.75) is 57.2 Å². The molecule has 0 heterocycles. The average Bonchev–Trinajstić information content (AvgIpc) is 2.87. The van der Waals surface area contributed by atoms with Crippen molar-refractivity contribution in [2.75, 3.05) is 13.9 Å². The molecule has 4 aliphatic carbocycles. The van der Waals surface area contributed by atoms with Crippen molar-refractivity contribution in [1.29, 1.82) is 0 Å². The predicted molar refractivity (Wildman–Crippen MR) is 138 cm³/mol. The van der Waals surface area contributed by atoms with Gasteiger partial charge in [0.15, 0.2) is 13.1 Å². The molecule has 0 spiro atoms. The van der Waals surface area contributed by atoms with E-state index in [9.17, 15) is 4.79 Å². The lowest BCUT2D eigenvalue weighted by molar-refractivity contribution is -0.150. The number of carbonyl (C=O) groups excluding carboxylic acids is 1. The van der Waals surface area contributed by atoms with Gasteiger partial charge in [0.2, 0.25) is 0 Å². The Morgan fingerprint density at radius 3 is 2.17 bits per heavy atom. The lowest BCUT2D eigenvalue weighted by Gasteiger charge is -2.57. The fourth-order valence-corrected chi connectivity index (χ4v) is 7.45. The van der Waals surface area contributed by atoms with Crippen LogP contribution < -0.4 is 4.74 Å². The van der Waals surface area contributed by atoms with Gasteiger partial charge in [0.25, 0.3) is 0 Å². The van der Waals surface area contributed by atoms with Crippen molar-refractivity contribution in [1.82, 2.24) is 0 Å². The highest BCUT2D eigenvalue weighted by Gasteiger charge is 2.52. The van der Waals surface area contributed by atoms with Gasteiger partial charge in [0.1, 0.15) is 12.0 Å². The first-order valence-corrected chi connectivity index (χ1v) is 13.0. The summed E-state index contributed by atoms with van der Waals surface area (Å²) in [6.07, 6.45) is 8.68. The number of hydrogen-bond donors (Lipinski definition) is 0. The van der Waals surface area contributed by atoms with Crippen molar-refractivity contribution in [3.8, 4) is 16.9 Å². The molecule has 4 bridgehead atoms. The third-order valence-corrected chi connectivity index (χ3v) is 8.78. The van der Waals surface area contributed by atoms with E-state index in [1.165, 1.54) is 54.9 Å². The highest BCUT2D eigenvalue weighted by molar-refractivity contribution is 5.90. The van der Waals surface area contributed by atoms with Gasteiger partial charge in [-0.05, 0) is 109 Å². The summed E-state index contributed by atoms with van der Waals surface area (Å²) in [7, 11) is 1.64. The molecule has 1 unspecified atom stereocenters. The van der Waals surface area contributed by atoms with Crippen LogP contribution in [-0.2, 0) is 14.9 Å². The van der Waals surface area contributed by atoms with Crippen molar-refractivity contribution in [3.05, 3.63) is 65.7 Å². The Bertz CT molecular complexity index is 1190. The first-order chi connectivity index (χ1) is 17.0. The van der Waals surface area contributed by atoms with Gasteiger partial charge in [-0.25, -0.2) is 0 Å². The molecule has 7 rings (SSSR count). The fourth-order valence-electron chi connectivity index (χ4n) is 7.45. The van der Waals surface area contributed by atoms with Crippen molar-refractivity contribution >= 4 is 17.1 Å². The molecule has 35 heavy (non-hydrogen) atoms. The zero-order valence-corrected chi connectivity index (χ0v) is 20.7. The van der Waals surface area contributed by atoms with E-state index in [-0.39, 0.29) is 18.5 Å². The summed E-state index contributed by atoms with van der Waals surface area (Å²) >= 11 is 0. The molecule has 3 aromatic rings. The molecule has 0 aromatic heterocycles. The summed E-state index contributed by atoms with van der Waals surface area (Å²) in [6, 6.07) is 19.0. The summed E-state index contributed by atoms with van der Waals surface area (Å²) in [5, 5.41) is 2.41. The molecule has 1 atom stereocenters. The van der Waals surface area contributed by atoms with Crippen molar-refractivity contribution < 1.29 is 19.0 Å². The lowest BCUT2D eigenvalue weighted by Crippen LogP contribution is -2.48. The van der Waals surface area contributed by atoms with Crippen molar-refractivity contribution in [3.63, 3.8) is 0 Å². The van der Waals surface area contributed by atoms with Gasteiger partial charge in [-0.1, -0.05) is 36.4 Å². The van der Waals surface area contributed by atoms with Gasteiger partial charge in [0, 0.05) is 18.2 Å². The van der Waals surface area contributed by atoms with E-state index >= 15 is 0 Å². The number of methoxy groups -OCH3 is 1. The van der Waals surface area contributed by atoms with Gasteiger partial charge >= 0.3 is 0 Å². The van der Waals surface area contributed by atoms with E-state index in [2.05, 4.69) is 30.3 Å². The van der Waals surface area contributed by atoms with E-state index in [0.29, 0.717) is 5.56 Å². The van der Waals surface area contributed by atoms with E-state index < -0.39 is 0 Å². The molecule has 0 N–H and O–H groups in total. The third-order valence-electron chi connectivity index (χ3n) is 8.78. The molecule has 0 saturated heterocycles. The maximum absolute atomic E-state index is 11.1. The second kappa shape index (κ2) is 9.07. The largest absolute Gasteiger partial charge is 0.467 e. The van der Waals surface area contributed by atoms with Crippen molar-refractivity contribution in [2.24, 2.45) is 17.8 Å². The SMILES string of the molecule is COC(C)OCOc1cc2ccc(-c3ccc(C=O)cc3)cc2cc1C12CC3CC(CC(C3)C1)C2. The van der Waals surface area contributed by atoms with Crippen LogP contribution in [0.5, 0.6) is 5.75 Å². The molecule has 4 fully saturated rings. The molecule has 4 heteroatoms. The number of aldehydes is 1. The number of fused-ring (bicyclic) bond motifs is 1. The Balaban J connectivity index is 1.41. The Morgan fingerprint density at radius 2 is 1.54 bits per heavy atom. The third kappa shape index (κ3) is 4.28. The molecule has 4 aliphatic rings. The number of hydrogen-bond acceptors (Lipinski definition) is 4. The lowest BCUT2D eigenvalue weighted by atomic mass is 9.48. The van der Waals surface area contributed by atoms with Crippen LogP contribution in [-0.4, -0.2) is 26.5 Å². The Hall–Kier alpha value is -2.69. The molecule has 0 radical (unpaired) electrons. The Kier molecular flexibility index (Phi) is 5.90.